The van der Waals surface area contributed by atoms with E-state index in [9.17, 15) is 0 Å². The molecule has 153 valence electrons. The SMILES string of the molecule is COc1ccc(OCCCN(Cc2cccc(C(C)(C)C)c2)O[Si](C)C)cc1. The van der Waals surface area contributed by atoms with Gasteiger partial charge in [-0.15, -0.1) is 0 Å². The van der Waals surface area contributed by atoms with Crippen molar-refractivity contribution in [1.82, 2.24) is 5.06 Å². The number of hydrogen-bond donors (Lipinski definition) is 0. The predicted molar refractivity (Wildman–Crippen MR) is 117 cm³/mol. The maximum absolute atomic E-state index is 6.13. The van der Waals surface area contributed by atoms with Crippen LogP contribution in [0.3, 0.4) is 0 Å². The number of rotatable bonds is 10. The molecule has 2 aromatic rings. The standard InChI is InChI=1S/C23H34NO3Si/c1-23(2,3)20-10-7-9-19(17-20)18-24(27-28(5)6)15-8-16-26-22-13-11-21(25-4)12-14-22/h7,9-14,17H,8,15-16,18H2,1-6H3. The molecule has 0 heterocycles. The molecule has 4 nitrogen and oxygen atoms in total. The molecule has 0 spiro atoms. The van der Waals surface area contributed by atoms with E-state index in [0.29, 0.717) is 6.61 Å². The Balaban J connectivity index is 1.88. The molecule has 0 atom stereocenters. The molecule has 2 rings (SSSR count). The van der Waals surface area contributed by atoms with E-state index in [2.05, 4.69) is 63.2 Å². The van der Waals surface area contributed by atoms with Gasteiger partial charge in [0.05, 0.1) is 13.7 Å². The summed E-state index contributed by atoms with van der Waals surface area (Å²) < 4.78 is 17.1. The minimum Gasteiger partial charge on any atom is -0.497 e. The Morgan fingerprint density at radius 3 is 2.25 bits per heavy atom. The first-order valence-electron chi connectivity index (χ1n) is 9.87. The van der Waals surface area contributed by atoms with Gasteiger partial charge in [0.15, 0.2) is 0 Å². The highest BCUT2D eigenvalue weighted by Crippen LogP contribution is 2.23. The van der Waals surface area contributed by atoms with Crippen LogP contribution in [0, 0.1) is 0 Å². The second kappa shape index (κ2) is 10.6. The quantitative estimate of drug-likeness (QED) is 0.302. The lowest BCUT2D eigenvalue weighted by atomic mass is 9.86. The molecule has 0 saturated carbocycles. The maximum atomic E-state index is 6.13. The lowest BCUT2D eigenvalue weighted by Crippen LogP contribution is -2.30. The Hall–Kier alpha value is -1.82. The highest BCUT2D eigenvalue weighted by molar-refractivity contribution is 6.48. The third-order valence-electron chi connectivity index (χ3n) is 4.34. The fraction of sp³-hybridized carbons (Fsp3) is 0.478. The van der Waals surface area contributed by atoms with Gasteiger partial charge < -0.3 is 14.0 Å². The van der Waals surface area contributed by atoms with E-state index >= 15 is 0 Å². The second-order valence-electron chi connectivity index (χ2n) is 8.19. The van der Waals surface area contributed by atoms with Gasteiger partial charge in [0.1, 0.15) is 11.5 Å². The second-order valence-corrected chi connectivity index (χ2v) is 10.2. The fourth-order valence-corrected chi connectivity index (χ4v) is 3.53. The van der Waals surface area contributed by atoms with E-state index in [1.807, 2.05) is 24.3 Å². The summed E-state index contributed by atoms with van der Waals surface area (Å²) in [5.74, 6) is 1.70. The smallest absolute Gasteiger partial charge is 0.235 e. The number of hydrogen-bond acceptors (Lipinski definition) is 4. The van der Waals surface area contributed by atoms with Gasteiger partial charge in [-0.1, -0.05) is 45.0 Å². The van der Waals surface area contributed by atoms with Crippen molar-refractivity contribution >= 4 is 9.04 Å². The van der Waals surface area contributed by atoms with Crippen LogP contribution >= 0.6 is 0 Å². The van der Waals surface area contributed by atoms with Gasteiger partial charge in [-0.05, 0) is 60.3 Å². The number of ether oxygens (including phenoxy) is 2. The van der Waals surface area contributed by atoms with Crippen LogP contribution in [-0.2, 0) is 16.5 Å². The lowest BCUT2D eigenvalue weighted by molar-refractivity contribution is -0.0728. The predicted octanol–water partition coefficient (Wildman–Crippen LogP) is 5.45. The Morgan fingerprint density at radius 1 is 0.964 bits per heavy atom. The third-order valence-corrected chi connectivity index (χ3v) is 4.97. The molecule has 5 heteroatoms. The third kappa shape index (κ3) is 7.66. The lowest BCUT2D eigenvalue weighted by Gasteiger charge is -2.25. The number of nitrogens with zero attached hydrogens (tertiary/aromatic N) is 1. The zero-order valence-corrected chi connectivity index (χ0v) is 19.1. The normalized spacial score (nSPS) is 11.9. The summed E-state index contributed by atoms with van der Waals surface area (Å²) in [6, 6.07) is 16.5. The van der Waals surface area contributed by atoms with Crippen molar-refractivity contribution in [3.63, 3.8) is 0 Å². The van der Waals surface area contributed by atoms with Gasteiger partial charge in [-0.2, -0.15) is 5.06 Å². The molecule has 0 amide bonds. The van der Waals surface area contributed by atoms with E-state index in [4.69, 9.17) is 14.0 Å². The van der Waals surface area contributed by atoms with E-state index in [1.165, 1.54) is 11.1 Å². The molecule has 1 radical (unpaired) electrons. The zero-order valence-electron chi connectivity index (χ0n) is 18.1. The molecule has 0 aliphatic heterocycles. The minimum absolute atomic E-state index is 0.151. The van der Waals surface area contributed by atoms with Crippen molar-refractivity contribution in [1.29, 1.82) is 0 Å². The molecule has 0 unspecified atom stereocenters. The summed E-state index contributed by atoms with van der Waals surface area (Å²) in [4.78, 5) is 0. The van der Waals surface area contributed by atoms with Crippen LogP contribution in [0.25, 0.3) is 0 Å². The number of hydroxylamine groups is 2. The van der Waals surface area contributed by atoms with Gasteiger partial charge in [0.2, 0.25) is 9.04 Å². The van der Waals surface area contributed by atoms with Crippen molar-refractivity contribution in [2.24, 2.45) is 0 Å². The number of benzene rings is 2. The molecule has 28 heavy (non-hydrogen) atoms. The van der Waals surface area contributed by atoms with Crippen LogP contribution in [0.15, 0.2) is 48.5 Å². The Bertz CT molecular complexity index is 711. The summed E-state index contributed by atoms with van der Waals surface area (Å²) in [5.41, 5.74) is 2.79. The molecular weight excluding hydrogens is 366 g/mol. The summed E-state index contributed by atoms with van der Waals surface area (Å²) in [6.07, 6.45) is 0.903. The highest BCUT2D eigenvalue weighted by atomic mass is 28.3. The topological polar surface area (TPSA) is 30.9 Å². The van der Waals surface area contributed by atoms with Gasteiger partial charge in [-0.3, -0.25) is 0 Å². The maximum Gasteiger partial charge on any atom is 0.235 e. The molecule has 0 aromatic heterocycles. The first-order valence-corrected chi connectivity index (χ1v) is 12.3. The van der Waals surface area contributed by atoms with Gasteiger partial charge in [0, 0.05) is 13.1 Å². The van der Waals surface area contributed by atoms with Crippen molar-refractivity contribution in [3.05, 3.63) is 59.7 Å². The monoisotopic (exact) mass is 400 g/mol. The summed E-state index contributed by atoms with van der Waals surface area (Å²) >= 11 is 0. The van der Waals surface area contributed by atoms with E-state index in [-0.39, 0.29) is 5.41 Å². The van der Waals surface area contributed by atoms with Crippen molar-refractivity contribution in [2.45, 2.75) is 52.2 Å². The van der Waals surface area contributed by atoms with Crippen LogP contribution in [0.2, 0.25) is 13.1 Å². The Labute approximate surface area is 172 Å². The number of methoxy groups -OCH3 is 1. The molecule has 0 aliphatic carbocycles. The largest absolute Gasteiger partial charge is 0.497 e. The molecular formula is C23H34NO3Si. The Kier molecular flexibility index (Phi) is 8.54. The van der Waals surface area contributed by atoms with Crippen molar-refractivity contribution in [2.75, 3.05) is 20.3 Å². The van der Waals surface area contributed by atoms with Crippen LogP contribution in [0.5, 0.6) is 11.5 Å². The van der Waals surface area contributed by atoms with Crippen molar-refractivity contribution < 1.29 is 14.0 Å². The van der Waals surface area contributed by atoms with Crippen LogP contribution in [-0.4, -0.2) is 34.4 Å². The van der Waals surface area contributed by atoms with Crippen LogP contribution in [0.4, 0.5) is 0 Å². The van der Waals surface area contributed by atoms with E-state index in [0.717, 1.165) is 31.0 Å². The van der Waals surface area contributed by atoms with Crippen LogP contribution in [0.1, 0.15) is 38.3 Å². The van der Waals surface area contributed by atoms with E-state index < -0.39 is 9.04 Å². The average molecular weight is 401 g/mol. The first-order chi connectivity index (χ1) is 13.3. The van der Waals surface area contributed by atoms with Gasteiger partial charge >= 0.3 is 0 Å². The fourth-order valence-electron chi connectivity index (χ4n) is 2.86. The summed E-state index contributed by atoms with van der Waals surface area (Å²) in [5, 5.41) is 2.09. The van der Waals surface area contributed by atoms with Gasteiger partial charge in [0.25, 0.3) is 0 Å². The minimum atomic E-state index is -0.815. The van der Waals surface area contributed by atoms with Crippen LogP contribution < -0.4 is 9.47 Å². The molecule has 0 saturated heterocycles. The molecule has 0 aliphatic rings. The summed E-state index contributed by atoms with van der Waals surface area (Å²) in [7, 11) is 0.850. The van der Waals surface area contributed by atoms with E-state index in [1.54, 1.807) is 7.11 Å². The average Bonchev–Trinajstić information content (AvgIpc) is 2.64. The molecule has 2 aromatic carbocycles. The molecule has 0 bridgehead atoms. The summed E-state index contributed by atoms with van der Waals surface area (Å²) in [6.45, 7) is 13.4. The Morgan fingerprint density at radius 2 is 1.64 bits per heavy atom. The van der Waals surface area contributed by atoms with Crippen molar-refractivity contribution in [3.8, 4) is 11.5 Å². The highest BCUT2D eigenvalue weighted by Gasteiger charge is 2.15. The molecule has 0 fully saturated rings. The molecule has 0 N–H and O–H groups in total. The van der Waals surface area contributed by atoms with Gasteiger partial charge in [-0.25, -0.2) is 0 Å². The zero-order chi connectivity index (χ0) is 20.6. The first kappa shape index (κ1) is 22.5.